The van der Waals surface area contributed by atoms with E-state index in [9.17, 15) is 0 Å². The highest BCUT2D eigenvalue weighted by molar-refractivity contribution is 6.26. The monoisotopic (exact) mass is 699 g/mol. The first-order valence-electron chi connectivity index (χ1n) is 18.9. The van der Waals surface area contributed by atoms with Crippen LogP contribution in [0, 0.1) is 0 Å². The molecule has 0 radical (unpaired) electrons. The Labute approximate surface area is 317 Å². The molecule has 55 heavy (non-hydrogen) atoms. The molecule has 3 heterocycles. The Balaban J connectivity index is 1.12. The molecule has 12 aromatic rings. The molecule has 0 atom stereocenters. The average Bonchev–Trinajstić information content (AvgIpc) is 3.89. The van der Waals surface area contributed by atoms with Gasteiger partial charge in [0.25, 0.3) is 0 Å². The number of para-hydroxylation sites is 4. The second-order valence-corrected chi connectivity index (χ2v) is 14.5. The lowest BCUT2D eigenvalue weighted by Crippen LogP contribution is -1.96. The predicted molar refractivity (Wildman–Crippen MR) is 232 cm³/mol. The number of hydrogen-bond donors (Lipinski definition) is 0. The number of hydrogen-bond acceptors (Lipinski definition) is 0. The van der Waals surface area contributed by atoms with Gasteiger partial charge in [-0.15, -0.1) is 0 Å². The fourth-order valence-electron chi connectivity index (χ4n) is 9.27. The summed E-state index contributed by atoms with van der Waals surface area (Å²) in [4.78, 5) is 0. The summed E-state index contributed by atoms with van der Waals surface area (Å²) in [5, 5.41) is 10.0. The molecule has 12 rings (SSSR count). The second kappa shape index (κ2) is 11.6. The topological polar surface area (TPSA) is 14.8 Å². The van der Waals surface area contributed by atoms with Crippen LogP contribution in [-0.2, 0) is 0 Å². The molecule has 9 aromatic carbocycles. The zero-order valence-electron chi connectivity index (χ0n) is 29.9. The minimum Gasteiger partial charge on any atom is -0.309 e. The van der Waals surface area contributed by atoms with Crippen molar-refractivity contribution in [2.45, 2.75) is 0 Å². The van der Waals surface area contributed by atoms with Crippen LogP contribution in [0.3, 0.4) is 0 Å². The van der Waals surface area contributed by atoms with E-state index >= 15 is 0 Å². The molecule has 0 saturated carbocycles. The zero-order chi connectivity index (χ0) is 36.0. The molecule has 3 heteroatoms. The summed E-state index contributed by atoms with van der Waals surface area (Å²) in [6.45, 7) is 0. The number of nitrogens with zero attached hydrogens (tertiary/aromatic N) is 3. The number of rotatable bonds is 4. The van der Waals surface area contributed by atoms with Gasteiger partial charge in [-0.25, -0.2) is 0 Å². The molecular weight excluding hydrogens is 667 g/mol. The van der Waals surface area contributed by atoms with Crippen LogP contribution in [0.25, 0.3) is 104 Å². The van der Waals surface area contributed by atoms with E-state index in [1.54, 1.807) is 0 Å². The first-order chi connectivity index (χ1) is 27.3. The minimum absolute atomic E-state index is 1.14. The van der Waals surface area contributed by atoms with Crippen molar-refractivity contribution in [3.8, 4) is 28.2 Å². The van der Waals surface area contributed by atoms with Crippen molar-refractivity contribution in [3.63, 3.8) is 0 Å². The van der Waals surface area contributed by atoms with Crippen LogP contribution < -0.4 is 0 Å². The van der Waals surface area contributed by atoms with Crippen molar-refractivity contribution in [1.29, 1.82) is 0 Å². The average molecular weight is 700 g/mol. The van der Waals surface area contributed by atoms with Gasteiger partial charge in [0.1, 0.15) is 0 Å². The van der Waals surface area contributed by atoms with Gasteiger partial charge in [-0.3, -0.25) is 0 Å². The Morgan fingerprint density at radius 2 is 0.836 bits per heavy atom. The number of fused-ring (bicyclic) bond motifs is 11. The Morgan fingerprint density at radius 3 is 1.65 bits per heavy atom. The van der Waals surface area contributed by atoms with Gasteiger partial charge in [-0.05, 0) is 77.2 Å². The van der Waals surface area contributed by atoms with Crippen LogP contribution in [0.15, 0.2) is 200 Å². The van der Waals surface area contributed by atoms with Crippen molar-refractivity contribution in [2.75, 3.05) is 0 Å². The lowest BCUT2D eigenvalue weighted by molar-refractivity contribution is 1.17. The van der Waals surface area contributed by atoms with Gasteiger partial charge in [0, 0.05) is 49.1 Å². The Bertz CT molecular complexity index is 3480. The minimum atomic E-state index is 1.14. The first-order valence-corrected chi connectivity index (χ1v) is 18.9. The van der Waals surface area contributed by atoms with E-state index in [1.165, 1.54) is 93.0 Å². The molecule has 0 fully saturated rings. The molecule has 3 aromatic heterocycles. The Hall–Kier alpha value is -7.36. The van der Waals surface area contributed by atoms with Gasteiger partial charge in [-0.2, -0.15) is 0 Å². The van der Waals surface area contributed by atoms with Crippen LogP contribution >= 0.6 is 0 Å². The van der Waals surface area contributed by atoms with Gasteiger partial charge < -0.3 is 13.7 Å². The fraction of sp³-hybridized carbons (Fsp3) is 0. The molecule has 0 unspecified atom stereocenters. The number of benzene rings is 9. The summed E-state index contributed by atoms with van der Waals surface area (Å²) < 4.78 is 7.35. The molecular formula is C52H33N3. The summed E-state index contributed by atoms with van der Waals surface area (Å²) >= 11 is 0. The Kier molecular flexibility index (Phi) is 6.34. The molecule has 0 bridgehead atoms. The highest BCUT2D eigenvalue weighted by atomic mass is 15.0. The third-order valence-electron chi connectivity index (χ3n) is 11.6. The smallest absolute Gasteiger partial charge is 0.0641 e. The maximum atomic E-state index is 2.49. The molecule has 0 aliphatic rings. The van der Waals surface area contributed by atoms with Crippen molar-refractivity contribution in [3.05, 3.63) is 200 Å². The SMILES string of the molecule is c1ccc(-n2c3ccccc3c3c2ccc2c4ccccc4n(-c4cccc(-c5ccc6c7ccccc7n(-c7cccc8ccccc78)c6c5)c4)c23)cc1. The van der Waals surface area contributed by atoms with E-state index in [-0.39, 0.29) is 0 Å². The van der Waals surface area contributed by atoms with Crippen LogP contribution in [-0.4, -0.2) is 13.7 Å². The summed E-state index contributed by atoms with van der Waals surface area (Å²) in [6.07, 6.45) is 0. The summed E-state index contributed by atoms with van der Waals surface area (Å²) in [5.41, 5.74) is 13.1. The number of aromatic nitrogens is 3. The standard InChI is InChI=1S/C52H33N3/c1-2-17-37(18-3-1)53-48-26-11-8-23-44(48)51-49(53)31-30-43-41-22-7-9-24-46(41)54(52(43)51)38-19-12-16-35(32-38)36-28-29-42-40-21-6-10-25-47(40)55(50(42)33-36)45-27-13-15-34-14-4-5-20-39(34)45/h1-33H. The van der Waals surface area contributed by atoms with Gasteiger partial charge in [0.2, 0.25) is 0 Å². The normalized spacial score (nSPS) is 12.0. The second-order valence-electron chi connectivity index (χ2n) is 14.5. The third-order valence-corrected chi connectivity index (χ3v) is 11.6. The van der Waals surface area contributed by atoms with Crippen molar-refractivity contribution in [2.24, 2.45) is 0 Å². The molecule has 0 aliphatic heterocycles. The lowest BCUT2D eigenvalue weighted by atomic mass is 10.0. The predicted octanol–water partition coefficient (Wildman–Crippen LogP) is 13.8. The molecule has 0 aliphatic carbocycles. The van der Waals surface area contributed by atoms with Crippen LogP contribution in [0.1, 0.15) is 0 Å². The largest absolute Gasteiger partial charge is 0.309 e. The summed E-state index contributed by atoms with van der Waals surface area (Å²) in [5.74, 6) is 0. The quantitative estimate of drug-likeness (QED) is 0.174. The fourth-order valence-corrected chi connectivity index (χ4v) is 9.27. The van der Waals surface area contributed by atoms with E-state index in [0.717, 1.165) is 11.4 Å². The van der Waals surface area contributed by atoms with Crippen LogP contribution in [0.5, 0.6) is 0 Å². The molecule has 256 valence electrons. The van der Waals surface area contributed by atoms with E-state index in [1.807, 2.05) is 0 Å². The molecule has 0 spiro atoms. The third kappa shape index (κ3) is 4.32. The molecule has 0 N–H and O–H groups in total. The zero-order valence-corrected chi connectivity index (χ0v) is 29.9. The maximum Gasteiger partial charge on any atom is 0.0641 e. The van der Waals surface area contributed by atoms with Gasteiger partial charge in [0.05, 0.1) is 38.8 Å². The van der Waals surface area contributed by atoms with Crippen LogP contribution in [0.2, 0.25) is 0 Å². The van der Waals surface area contributed by atoms with Crippen molar-refractivity contribution >= 4 is 76.2 Å². The molecule has 0 amide bonds. The molecule has 0 saturated heterocycles. The van der Waals surface area contributed by atoms with E-state index in [4.69, 9.17) is 0 Å². The Morgan fingerprint density at radius 1 is 0.273 bits per heavy atom. The van der Waals surface area contributed by atoms with E-state index in [2.05, 4.69) is 214 Å². The summed E-state index contributed by atoms with van der Waals surface area (Å²) in [7, 11) is 0. The lowest BCUT2D eigenvalue weighted by Gasteiger charge is -2.13. The highest BCUT2D eigenvalue weighted by Gasteiger charge is 2.21. The highest BCUT2D eigenvalue weighted by Crippen LogP contribution is 2.43. The van der Waals surface area contributed by atoms with E-state index < -0.39 is 0 Å². The van der Waals surface area contributed by atoms with Crippen molar-refractivity contribution in [1.82, 2.24) is 13.7 Å². The van der Waals surface area contributed by atoms with Gasteiger partial charge in [0.15, 0.2) is 0 Å². The van der Waals surface area contributed by atoms with Gasteiger partial charge >= 0.3 is 0 Å². The molecule has 3 nitrogen and oxygen atoms in total. The van der Waals surface area contributed by atoms with Crippen molar-refractivity contribution < 1.29 is 0 Å². The van der Waals surface area contributed by atoms with Gasteiger partial charge in [-0.1, -0.05) is 140 Å². The maximum absolute atomic E-state index is 2.49. The first kappa shape index (κ1) is 30.1. The summed E-state index contributed by atoms with van der Waals surface area (Å²) in [6, 6.07) is 73.2. The van der Waals surface area contributed by atoms with E-state index in [0.29, 0.717) is 0 Å². The van der Waals surface area contributed by atoms with Crippen LogP contribution in [0.4, 0.5) is 0 Å².